The van der Waals surface area contributed by atoms with Gasteiger partial charge in [-0.25, -0.2) is 0 Å². The molecule has 0 saturated heterocycles. The van der Waals surface area contributed by atoms with Crippen LogP contribution in [0.2, 0.25) is 0 Å². The Morgan fingerprint density at radius 1 is 1.38 bits per heavy atom. The average Bonchev–Trinajstić information content (AvgIpc) is 2.83. The van der Waals surface area contributed by atoms with E-state index in [9.17, 15) is 0 Å². The highest BCUT2D eigenvalue weighted by atomic mass is 16.3. The van der Waals surface area contributed by atoms with Crippen LogP contribution in [-0.4, -0.2) is 27.5 Å². The molecule has 0 aromatic carbocycles. The van der Waals surface area contributed by atoms with Gasteiger partial charge in [0.15, 0.2) is 0 Å². The van der Waals surface area contributed by atoms with Gasteiger partial charge in [-0.2, -0.15) is 5.10 Å². The van der Waals surface area contributed by atoms with Gasteiger partial charge in [0.05, 0.1) is 19.3 Å². The van der Waals surface area contributed by atoms with E-state index in [4.69, 9.17) is 5.11 Å². The fraction of sp³-hybridized carbons (Fsp3) is 0.824. The van der Waals surface area contributed by atoms with Gasteiger partial charge in [-0.05, 0) is 43.9 Å². The van der Waals surface area contributed by atoms with Crippen molar-refractivity contribution in [2.45, 2.75) is 77.4 Å². The molecule has 1 heterocycles. The zero-order chi connectivity index (χ0) is 14.9. The summed E-state index contributed by atoms with van der Waals surface area (Å²) in [4.78, 5) is 0. The van der Waals surface area contributed by atoms with Crippen LogP contribution in [0.15, 0.2) is 6.20 Å². The van der Waals surface area contributed by atoms with Crippen LogP contribution in [0.25, 0.3) is 0 Å². The van der Waals surface area contributed by atoms with Crippen molar-refractivity contribution in [1.29, 1.82) is 0 Å². The molecule has 2 aliphatic carbocycles. The Balaban J connectivity index is 1.70. The highest BCUT2D eigenvalue weighted by Crippen LogP contribution is 2.37. The number of hydrogen-bond donors (Lipinski definition) is 2. The normalized spacial score (nSPS) is 28.3. The molecule has 118 valence electrons. The van der Waals surface area contributed by atoms with Gasteiger partial charge < -0.3 is 10.4 Å². The van der Waals surface area contributed by atoms with Crippen LogP contribution in [-0.2, 0) is 13.0 Å². The number of aliphatic hydroxyl groups excluding tert-OH is 1. The third-order valence-electron chi connectivity index (χ3n) is 5.22. The van der Waals surface area contributed by atoms with E-state index in [0.29, 0.717) is 24.0 Å². The molecular weight excluding hydrogens is 262 g/mol. The first-order chi connectivity index (χ1) is 10.1. The number of aromatic nitrogens is 2. The number of hydrogen-bond acceptors (Lipinski definition) is 3. The van der Waals surface area contributed by atoms with Crippen molar-refractivity contribution >= 4 is 0 Å². The van der Waals surface area contributed by atoms with Crippen LogP contribution < -0.4 is 5.32 Å². The Bertz CT molecular complexity index is 480. The summed E-state index contributed by atoms with van der Waals surface area (Å²) >= 11 is 0. The molecule has 3 rings (SSSR count). The SMILES string of the molecule is CC1(C)CCCC(NC2CCCc3c2cnn3CCO)C1. The summed E-state index contributed by atoms with van der Waals surface area (Å²) in [6, 6.07) is 1.10. The van der Waals surface area contributed by atoms with Crippen molar-refractivity contribution in [3.63, 3.8) is 0 Å². The van der Waals surface area contributed by atoms with E-state index >= 15 is 0 Å². The number of fused-ring (bicyclic) bond motifs is 1. The second kappa shape index (κ2) is 6.09. The molecule has 2 unspecified atom stereocenters. The number of rotatable bonds is 4. The molecule has 21 heavy (non-hydrogen) atoms. The molecule has 4 nitrogen and oxygen atoms in total. The number of nitrogens with zero attached hydrogens (tertiary/aromatic N) is 2. The van der Waals surface area contributed by atoms with Crippen molar-refractivity contribution in [2.75, 3.05) is 6.61 Å². The Labute approximate surface area is 127 Å². The number of aliphatic hydroxyl groups is 1. The summed E-state index contributed by atoms with van der Waals surface area (Å²) in [6.45, 7) is 5.58. The summed E-state index contributed by atoms with van der Waals surface area (Å²) in [5.74, 6) is 0. The quantitative estimate of drug-likeness (QED) is 0.897. The zero-order valence-electron chi connectivity index (χ0n) is 13.4. The molecule has 0 bridgehead atoms. The van der Waals surface area contributed by atoms with E-state index in [1.807, 2.05) is 10.9 Å². The van der Waals surface area contributed by atoms with Crippen LogP contribution in [0.1, 0.15) is 69.7 Å². The van der Waals surface area contributed by atoms with Gasteiger partial charge in [0.1, 0.15) is 0 Å². The van der Waals surface area contributed by atoms with E-state index in [2.05, 4.69) is 24.3 Å². The largest absolute Gasteiger partial charge is 0.394 e. The molecule has 0 spiro atoms. The van der Waals surface area contributed by atoms with E-state index in [0.717, 1.165) is 6.42 Å². The molecule has 1 aromatic heterocycles. The Hall–Kier alpha value is -0.870. The third kappa shape index (κ3) is 3.32. The monoisotopic (exact) mass is 291 g/mol. The van der Waals surface area contributed by atoms with Gasteiger partial charge in [-0.3, -0.25) is 4.68 Å². The molecule has 1 aromatic rings. The molecule has 1 fully saturated rings. The zero-order valence-corrected chi connectivity index (χ0v) is 13.4. The number of nitrogens with one attached hydrogen (secondary N) is 1. The average molecular weight is 291 g/mol. The lowest BCUT2D eigenvalue weighted by Gasteiger charge is -2.38. The standard InChI is InChI=1S/C17H29N3O/c1-17(2)8-4-5-13(11-17)19-15-6-3-7-16-14(15)12-18-20(16)9-10-21/h12-13,15,19,21H,3-11H2,1-2H3. The van der Waals surface area contributed by atoms with Crippen LogP contribution >= 0.6 is 0 Å². The highest BCUT2D eigenvalue weighted by molar-refractivity contribution is 5.25. The van der Waals surface area contributed by atoms with Gasteiger partial charge in [0.2, 0.25) is 0 Å². The van der Waals surface area contributed by atoms with Crippen LogP contribution in [0.4, 0.5) is 0 Å². The maximum Gasteiger partial charge on any atom is 0.0644 e. The van der Waals surface area contributed by atoms with Gasteiger partial charge in [-0.15, -0.1) is 0 Å². The lowest BCUT2D eigenvalue weighted by atomic mass is 9.74. The van der Waals surface area contributed by atoms with Crippen LogP contribution in [0.3, 0.4) is 0 Å². The summed E-state index contributed by atoms with van der Waals surface area (Å²) < 4.78 is 1.99. The Morgan fingerprint density at radius 3 is 3.00 bits per heavy atom. The van der Waals surface area contributed by atoms with Crippen LogP contribution in [0, 0.1) is 5.41 Å². The van der Waals surface area contributed by atoms with Crippen molar-refractivity contribution in [3.8, 4) is 0 Å². The summed E-state index contributed by atoms with van der Waals surface area (Å²) in [5.41, 5.74) is 3.19. The fourth-order valence-electron chi connectivity index (χ4n) is 4.20. The van der Waals surface area contributed by atoms with E-state index in [-0.39, 0.29) is 6.61 Å². The van der Waals surface area contributed by atoms with Gasteiger partial charge >= 0.3 is 0 Å². The fourth-order valence-corrected chi connectivity index (χ4v) is 4.20. The molecule has 1 saturated carbocycles. The lowest BCUT2D eigenvalue weighted by molar-refractivity contribution is 0.185. The van der Waals surface area contributed by atoms with Gasteiger partial charge in [0.25, 0.3) is 0 Å². The minimum absolute atomic E-state index is 0.170. The molecular formula is C17H29N3O. The van der Waals surface area contributed by atoms with Gasteiger partial charge in [-0.1, -0.05) is 20.3 Å². The maximum atomic E-state index is 9.15. The second-order valence-electron chi connectivity index (χ2n) is 7.56. The summed E-state index contributed by atoms with van der Waals surface area (Å²) in [5, 5.41) is 17.5. The van der Waals surface area contributed by atoms with Crippen molar-refractivity contribution in [1.82, 2.24) is 15.1 Å². The van der Waals surface area contributed by atoms with Gasteiger partial charge in [0, 0.05) is 23.3 Å². The molecule has 0 radical (unpaired) electrons. The molecule has 2 atom stereocenters. The molecule has 0 amide bonds. The maximum absolute atomic E-state index is 9.15. The predicted octanol–water partition coefficient (Wildman–Crippen LogP) is 2.81. The van der Waals surface area contributed by atoms with Crippen molar-refractivity contribution < 1.29 is 5.11 Å². The Morgan fingerprint density at radius 2 is 2.24 bits per heavy atom. The minimum atomic E-state index is 0.170. The predicted molar refractivity (Wildman–Crippen MR) is 84.2 cm³/mol. The minimum Gasteiger partial charge on any atom is -0.394 e. The summed E-state index contributed by atoms with van der Waals surface area (Å²) in [6.07, 6.45) is 10.8. The van der Waals surface area contributed by atoms with Crippen LogP contribution in [0.5, 0.6) is 0 Å². The highest BCUT2D eigenvalue weighted by Gasteiger charge is 2.31. The van der Waals surface area contributed by atoms with Crippen molar-refractivity contribution in [2.24, 2.45) is 5.41 Å². The summed E-state index contributed by atoms with van der Waals surface area (Å²) in [7, 11) is 0. The van der Waals surface area contributed by atoms with Crippen molar-refractivity contribution in [3.05, 3.63) is 17.5 Å². The van der Waals surface area contributed by atoms with E-state index in [1.54, 1.807) is 0 Å². The first-order valence-corrected chi connectivity index (χ1v) is 8.50. The smallest absolute Gasteiger partial charge is 0.0644 e. The van der Waals surface area contributed by atoms with E-state index < -0.39 is 0 Å². The Kier molecular flexibility index (Phi) is 4.36. The molecule has 2 N–H and O–H groups in total. The third-order valence-corrected chi connectivity index (χ3v) is 5.22. The van der Waals surface area contributed by atoms with E-state index in [1.165, 1.54) is 49.8 Å². The first-order valence-electron chi connectivity index (χ1n) is 8.50. The first kappa shape index (κ1) is 15.0. The lowest BCUT2D eigenvalue weighted by Crippen LogP contribution is -2.40. The molecule has 0 aliphatic heterocycles. The molecule has 4 heteroatoms. The second-order valence-corrected chi connectivity index (χ2v) is 7.56. The topological polar surface area (TPSA) is 50.1 Å². The molecule has 2 aliphatic rings.